The second kappa shape index (κ2) is 6.45. The van der Waals surface area contributed by atoms with Crippen molar-refractivity contribution in [2.24, 2.45) is 11.7 Å². The van der Waals surface area contributed by atoms with Gasteiger partial charge in [-0.1, -0.05) is 29.3 Å². The van der Waals surface area contributed by atoms with Crippen LogP contribution < -0.4 is 5.73 Å². The van der Waals surface area contributed by atoms with E-state index in [1.54, 1.807) is 0 Å². The monoisotopic (exact) mass is 300 g/mol. The fourth-order valence-corrected chi connectivity index (χ4v) is 3.12. The van der Waals surface area contributed by atoms with Crippen LogP contribution in [-0.4, -0.2) is 24.0 Å². The minimum absolute atomic E-state index is 0.308. The molecule has 0 amide bonds. The lowest BCUT2D eigenvalue weighted by molar-refractivity contribution is 0.132. The van der Waals surface area contributed by atoms with Crippen LogP contribution in [0.1, 0.15) is 38.3 Å². The summed E-state index contributed by atoms with van der Waals surface area (Å²) in [5.41, 5.74) is 7.22. The van der Waals surface area contributed by atoms with Crippen LogP contribution in [0.25, 0.3) is 0 Å². The molecule has 0 spiro atoms. The van der Waals surface area contributed by atoms with Gasteiger partial charge in [0.1, 0.15) is 0 Å². The molecule has 0 bridgehead atoms. The summed E-state index contributed by atoms with van der Waals surface area (Å²) in [6.45, 7) is 6.55. The Morgan fingerprint density at radius 3 is 2.32 bits per heavy atom. The molecule has 4 heteroatoms. The summed E-state index contributed by atoms with van der Waals surface area (Å²) in [5.74, 6) is 0.664. The number of hydrogen-bond donors (Lipinski definition) is 1. The highest BCUT2D eigenvalue weighted by Crippen LogP contribution is 2.31. The maximum Gasteiger partial charge on any atom is 0.0595 e. The zero-order valence-electron chi connectivity index (χ0n) is 11.6. The van der Waals surface area contributed by atoms with Crippen molar-refractivity contribution in [3.8, 4) is 0 Å². The summed E-state index contributed by atoms with van der Waals surface area (Å²) in [6, 6.07) is 6.61. The molecule has 2 atom stereocenters. The van der Waals surface area contributed by atoms with E-state index in [9.17, 15) is 0 Å². The van der Waals surface area contributed by atoms with E-state index >= 15 is 0 Å². The standard InChI is InChI=1S/C15H22Cl2N2/c1-10(18)12-5-7-19(8-6-12)11(2)13-3-4-14(16)15(17)9-13/h3-4,9-12H,5-8,18H2,1-2H3. The Bertz CT molecular complexity index is 426. The molecule has 2 nitrogen and oxygen atoms in total. The number of piperidine rings is 1. The van der Waals surface area contributed by atoms with E-state index in [0.717, 1.165) is 13.1 Å². The van der Waals surface area contributed by atoms with Gasteiger partial charge in [0.05, 0.1) is 10.0 Å². The number of benzene rings is 1. The van der Waals surface area contributed by atoms with Crippen molar-refractivity contribution >= 4 is 23.2 Å². The summed E-state index contributed by atoms with van der Waals surface area (Å²) in [5, 5.41) is 1.25. The molecular weight excluding hydrogens is 279 g/mol. The van der Waals surface area contributed by atoms with Gasteiger partial charge in [0.2, 0.25) is 0 Å². The van der Waals surface area contributed by atoms with Crippen molar-refractivity contribution in [3.63, 3.8) is 0 Å². The van der Waals surface area contributed by atoms with Crippen LogP contribution in [-0.2, 0) is 0 Å². The van der Waals surface area contributed by atoms with Gasteiger partial charge in [-0.05, 0) is 63.4 Å². The topological polar surface area (TPSA) is 29.3 Å². The summed E-state index contributed by atoms with van der Waals surface area (Å²) in [4.78, 5) is 2.50. The van der Waals surface area contributed by atoms with Crippen molar-refractivity contribution < 1.29 is 0 Å². The van der Waals surface area contributed by atoms with Gasteiger partial charge in [-0.15, -0.1) is 0 Å². The van der Waals surface area contributed by atoms with Crippen LogP contribution in [0.3, 0.4) is 0 Å². The van der Waals surface area contributed by atoms with Gasteiger partial charge >= 0.3 is 0 Å². The van der Waals surface area contributed by atoms with Crippen LogP contribution in [0.2, 0.25) is 10.0 Å². The van der Waals surface area contributed by atoms with E-state index in [1.807, 2.05) is 12.1 Å². The van der Waals surface area contributed by atoms with E-state index in [4.69, 9.17) is 28.9 Å². The Hall–Kier alpha value is -0.280. The molecule has 2 unspecified atom stereocenters. The summed E-state index contributed by atoms with van der Waals surface area (Å²) in [7, 11) is 0. The maximum atomic E-state index is 6.09. The molecule has 2 N–H and O–H groups in total. The van der Waals surface area contributed by atoms with E-state index in [2.05, 4.69) is 24.8 Å². The number of rotatable bonds is 3. The van der Waals surface area contributed by atoms with Crippen LogP contribution in [0.15, 0.2) is 18.2 Å². The average Bonchev–Trinajstić information content (AvgIpc) is 2.41. The Labute approximate surface area is 125 Å². The summed E-state index contributed by atoms with van der Waals surface area (Å²) < 4.78 is 0. The van der Waals surface area contributed by atoms with Crippen molar-refractivity contribution in [3.05, 3.63) is 33.8 Å². The number of nitrogens with zero attached hydrogens (tertiary/aromatic N) is 1. The normalized spacial score (nSPS) is 21.3. The first-order valence-electron chi connectivity index (χ1n) is 6.93. The lowest BCUT2D eigenvalue weighted by Crippen LogP contribution is -2.40. The highest BCUT2D eigenvalue weighted by molar-refractivity contribution is 6.42. The first kappa shape index (κ1) is 15.1. The molecule has 1 aliphatic rings. The third kappa shape index (κ3) is 3.63. The van der Waals surface area contributed by atoms with Gasteiger partial charge < -0.3 is 5.73 Å². The zero-order chi connectivity index (χ0) is 14.0. The van der Waals surface area contributed by atoms with Gasteiger partial charge in [0.25, 0.3) is 0 Å². The molecule has 0 radical (unpaired) electrons. The zero-order valence-corrected chi connectivity index (χ0v) is 13.1. The SMILES string of the molecule is CC(N)C1CCN(C(C)c2ccc(Cl)c(Cl)c2)CC1. The second-order valence-electron chi connectivity index (χ2n) is 5.58. The molecule has 0 aliphatic carbocycles. The smallest absolute Gasteiger partial charge is 0.0595 e. The minimum atomic E-state index is 0.308. The van der Waals surface area contributed by atoms with Gasteiger partial charge in [-0.25, -0.2) is 0 Å². The Morgan fingerprint density at radius 1 is 1.16 bits per heavy atom. The molecule has 106 valence electrons. The highest BCUT2D eigenvalue weighted by atomic mass is 35.5. The maximum absolute atomic E-state index is 6.09. The third-order valence-electron chi connectivity index (χ3n) is 4.29. The number of hydrogen-bond acceptors (Lipinski definition) is 2. The molecule has 0 saturated carbocycles. The molecule has 1 saturated heterocycles. The summed E-state index contributed by atoms with van der Waals surface area (Å²) in [6.07, 6.45) is 2.37. The molecule has 2 rings (SSSR count). The second-order valence-corrected chi connectivity index (χ2v) is 6.40. The minimum Gasteiger partial charge on any atom is -0.328 e. The molecule has 1 fully saturated rings. The van der Waals surface area contributed by atoms with Gasteiger partial charge in [-0.2, -0.15) is 0 Å². The Balaban J connectivity index is 2.01. The van der Waals surface area contributed by atoms with Crippen molar-refractivity contribution in [2.45, 2.75) is 38.8 Å². The molecule has 0 aromatic heterocycles. The van der Waals surface area contributed by atoms with E-state index < -0.39 is 0 Å². The fourth-order valence-electron chi connectivity index (χ4n) is 2.82. The highest BCUT2D eigenvalue weighted by Gasteiger charge is 2.25. The van der Waals surface area contributed by atoms with Crippen LogP contribution in [0.5, 0.6) is 0 Å². The summed E-state index contributed by atoms with van der Waals surface area (Å²) >= 11 is 12.1. The van der Waals surface area contributed by atoms with Gasteiger partial charge in [0.15, 0.2) is 0 Å². The predicted molar refractivity (Wildman–Crippen MR) is 82.8 cm³/mol. The fraction of sp³-hybridized carbons (Fsp3) is 0.600. The molecule has 1 aliphatic heterocycles. The Morgan fingerprint density at radius 2 is 1.79 bits per heavy atom. The first-order valence-corrected chi connectivity index (χ1v) is 7.69. The molecule has 1 aromatic carbocycles. The largest absolute Gasteiger partial charge is 0.328 e. The predicted octanol–water partition coefficient (Wildman–Crippen LogP) is 4.11. The van der Waals surface area contributed by atoms with Crippen molar-refractivity contribution in [1.82, 2.24) is 4.90 Å². The number of likely N-dealkylation sites (tertiary alicyclic amines) is 1. The lowest BCUT2D eigenvalue weighted by atomic mass is 9.90. The van der Waals surface area contributed by atoms with Crippen LogP contribution in [0.4, 0.5) is 0 Å². The van der Waals surface area contributed by atoms with Gasteiger partial charge in [-0.3, -0.25) is 4.90 Å². The van der Waals surface area contributed by atoms with E-state index in [0.29, 0.717) is 28.0 Å². The van der Waals surface area contributed by atoms with E-state index in [-0.39, 0.29) is 0 Å². The van der Waals surface area contributed by atoms with E-state index in [1.165, 1.54) is 18.4 Å². The van der Waals surface area contributed by atoms with Crippen molar-refractivity contribution in [1.29, 1.82) is 0 Å². The van der Waals surface area contributed by atoms with Crippen LogP contribution in [0, 0.1) is 5.92 Å². The average molecular weight is 301 g/mol. The number of halogens is 2. The Kier molecular flexibility index (Phi) is 5.13. The molecular formula is C15H22Cl2N2. The van der Waals surface area contributed by atoms with Gasteiger partial charge in [0, 0.05) is 12.1 Å². The molecule has 1 heterocycles. The third-order valence-corrected chi connectivity index (χ3v) is 5.03. The first-order chi connectivity index (χ1) is 8.99. The lowest BCUT2D eigenvalue weighted by Gasteiger charge is -2.37. The molecule has 1 aromatic rings. The molecule has 19 heavy (non-hydrogen) atoms. The quantitative estimate of drug-likeness (QED) is 0.910. The van der Waals surface area contributed by atoms with Crippen LogP contribution >= 0.6 is 23.2 Å². The van der Waals surface area contributed by atoms with Crippen molar-refractivity contribution in [2.75, 3.05) is 13.1 Å². The number of nitrogens with two attached hydrogens (primary N) is 1.